The van der Waals surface area contributed by atoms with Crippen LogP contribution in [-0.4, -0.2) is 76.6 Å². The van der Waals surface area contributed by atoms with E-state index in [1.54, 1.807) is 0 Å². The van der Waals surface area contributed by atoms with Gasteiger partial charge in [-0.3, -0.25) is 9.88 Å². The molecular formula is C32H31F4N5O2. The Hall–Kier alpha value is -3.70. The van der Waals surface area contributed by atoms with Crippen LogP contribution in [0.5, 0.6) is 11.6 Å². The number of benzene rings is 2. The molecule has 0 amide bonds. The number of phenols is 1. The summed E-state index contributed by atoms with van der Waals surface area (Å²) in [5, 5.41) is 14.5. The summed E-state index contributed by atoms with van der Waals surface area (Å²) in [5.74, 6) is -3.10. The molecule has 2 N–H and O–H groups in total. The number of aromatic hydroxyl groups is 1. The van der Waals surface area contributed by atoms with Crippen molar-refractivity contribution in [3.63, 3.8) is 0 Å². The Morgan fingerprint density at radius 1 is 1.05 bits per heavy atom. The van der Waals surface area contributed by atoms with Crippen LogP contribution in [0.25, 0.3) is 32.9 Å². The molecule has 4 aliphatic rings. The number of halogens is 4. The quantitative estimate of drug-likeness (QED) is 0.298. The van der Waals surface area contributed by atoms with Crippen molar-refractivity contribution in [1.29, 1.82) is 0 Å². The molecule has 8 rings (SSSR count). The topological polar surface area (TPSA) is 73.8 Å². The molecule has 0 spiro atoms. The molecule has 0 radical (unpaired) electrons. The van der Waals surface area contributed by atoms with Gasteiger partial charge in [0.25, 0.3) is 0 Å². The molecule has 4 aliphatic heterocycles. The van der Waals surface area contributed by atoms with Gasteiger partial charge in [-0.05, 0) is 55.8 Å². The fourth-order valence-electron chi connectivity index (χ4n) is 7.85. The monoisotopic (exact) mass is 593 g/mol. The second-order valence-corrected chi connectivity index (χ2v) is 12.5. The number of ether oxygens (including phenoxy) is 1. The zero-order valence-corrected chi connectivity index (χ0v) is 23.4. The SMILES string of the molecule is Oc1cc(-c2ncc3c(N4C[C@H]5CC[C@@H](C4)N5)cc(OC[C@@]45CCCN4C[C@H](F)C5)nc3c2F)c2c(F)c(F)ccc2c1. The number of anilines is 1. The van der Waals surface area contributed by atoms with Crippen LogP contribution in [-0.2, 0) is 0 Å². The van der Waals surface area contributed by atoms with Crippen LogP contribution in [0, 0.1) is 17.5 Å². The van der Waals surface area contributed by atoms with Crippen LogP contribution >= 0.6 is 0 Å². The van der Waals surface area contributed by atoms with Gasteiger partial charge in [-0.15, -0.1) is 0 Å². The summed E-state index contributed by atoms with van der Waals surface area (Å²) >= 11 is 0. The molecule has 224 valence electrons. The molecule has 0 aliphatic carbocycles. The molecule has 4 fully saturated rings. The summed E-state index contributed by atoms with van der Waals surface area (Å²) < 4.78 is 66.6. The minimum absolute atomic E-state index is 0.0211. The first kappa shape index (κ1) is 26.9. The Kier molecular flexibility index (Phi) is 6.20. The molecule has 43 heavy (non-hydrogen) atoms. The molecule has 11 heteroatoms. The van der Waals surface area contributed by atoms with E-state index in [2.05, 4.69) is 25.1 Å². The van der Waals surface area contributed by atoms with Crippen molar-refractivity contribution in [2.45, 2.75) is 55.9 Å². The van der Waals surface area contributed by atoms with Gasteiger partial charge in [-0.1, -0.05) is 6.07 Å². The number of nitrogens with zero attached hydrogens (tertiary/aromatic N) is 4. The lowest BCUT2D eigenvalue weighted by Crippen LogP contribution is -2.51. The van der Waals surface area contributed by atoms with Gasteiger partial charge in [-0.25, -0.2) is 22.5 Å². The van der Waals surface area contributed by atoms with E-state index in [-0.39, 0.29) is 45.8 Å². The highest BCUT2D eigenvalue weighted by atomic mass is 19.2. The van der Waals surface area contributed by atoms with Gasteiger partial charge in [0.1, 0.15) is 29.7 Å². The predicted octanol–water partition coefficient (Wildman–Crippen LogP) is 5.47. The number of phenolic OH excluding ortho intramolecular Hbond substituents is 1. The Bertz CT molecular complexity index is 1760. The number of aromatic nitrogens is 2. The Labute approximate surface area is 245 Å². The van der Waals surface area contributed by atoms with Crippen molar-refractivity contribution in [3.8, 4) is 22.9 Å². The van der Waals surface area contributed by atoms with Gasteiger partial charge in [-0.2, -0.15) is 0 Å². The number of pyridine rings is 2. The zero-order chi connectivity index (χ0) is 29.5. The summed E-state index contributed by atoms with van der Waals surface area (Å²) in [7, 11) is 0. The molecule has 4 saturated heterocycles. The summed E-state index contributed by atoms with van der Waals surface area (Å²) in [6.45, 7) is 2.90. The van der Waals surface area contributed by atoms with Crippen molar-refractivity contribution in [3.05, 3.63) is 54.0 Å². The third-order valence-electron chi connectivity index (χ3n) is 9.81. The molecule has 6 heterocycles. The lowest BCUT2D eigenvalue weighted by atomic mass is 9.95. The second kappa shape index (κ2) is 9.92. The number of alkyl halides is 1. The van der Waals surface area contributed by atoms with Crippen LogP contribution in [0.1, 0.15) is 32.1 Å². The minimum atomic E-state index is -1.15. The number of hydrogen-bond acceptors (Lipinski definition) is 7. The van der Waals surface area contributed by atoms with Crippen LogP contribution in [0.15, 0.2) is 36.5 Å². The first-order chi connectivity index (χ1) is 20.8. The molecule has 2 aromatic heterocycles. The van der Waals surface area contributed by atoms with Gasteiger partial charge < -0.3 is 20.1 Å². The van der Waals surface area contributed by atoms with Crippen molar-refractivity contribution >= 4 is 27.4 Å². The van der Waals surface area contributed by atoms with E-state index in [1.165, 1.54) is 24.4 Å². The first-order valence-corrected chi connectivity index (χ1v) is 14.9. The average molecular weight is 594 g/mol. The second-order valence-electron chi connectivity index (χ2n) is 12.5. The first-order valence-electron chi connectivity index (χ1n) is 14.9. The summed E-state index contributed by atoms with van der Waals surface area (Å²) in [6.07, 6.45) is 4.88. The van der Waals surface area contributed by atoms with E-state index in [9.17, 15) is 13.9 Å². The Morgan fingerprint density at radius 3 is 2.67 bits per heavy atom. The number of rotatable bonds is 5. The van der Waals surface area contributed by atoms with Gasteiger partial charge in [0.15, 0.2) is 17.5 Å². The van der Waals surface area contributed by atoms with Crippen LogP contribution in [0.4, 0.5) is 23.2 Å². The van der Waals surface area contributed by atoms with Crippen molar-refractivity contribution in [2.24, 2.45) is 0 Å². The van der Waals surface area contributed by atoms with E-state index < -0.39 is 29.2 Å². The molecule has 0 saturated carbocycles. The maximum Gasteiger partial charge on any atom is 0.216 e. The van der Waals surface area contributed by atoms with Gasteiger partial charge in [0.05, 0.1) is 11.2 Å². The Balaban J connectivity index is 1.26. The van der Waals surface area contributed by atoms with Gasteiger partial charge in [0, 0.05) is 66.7 Å². The summed E-state index contributed by atoms with van der Waals surface area (Å²) in [6, 6.07) is 7.19. The number of fused-ring (bicyclic) bond motifs is 5. The molecule has 4 aromatic rings. The van der Waals surface area contributed by atoms with E-state index in [1.807, 2.05) is 6.07 Å². The largest absolute Gasteiger partial charge is 0.508 e. The highest BCUT2D eigenvalue weighted by Gasteiger charge is 2.49. The van der Waals surface area contributed by atoms with Gasteiger partial charge >= 0.3 is 0 Å². The third-order valence-corrected chi connectivity index (χ3v) is 9.81. The van der Waals surface area contributed by atoms with Crippen molar-refractivity contribution < 1.29 is 27.4 Å². The smallest absolute Gasteiger partial charge is 0.216 e. The minimum Gasteiger partial charge on any atom is -0.508 e. The van der Waals surface area contributed by atoms with Crippen molar-refractivity contribution in [1.82, 2.24) is 20.2 Å². The third kappa shape index (κ3) is 4.38. The highest BCUT2D eigenvalue weighted by Crippen LogP contribution is 2.42. The zero-order valence-electron chi connectivity index (χ0n) is 23.4. The Morgan fingerprint density at radius 2 is 1.86 bits per heavy atom. The molecule has 2 bridgehead atoms. The van der Waals surface area contributed by atoms with Gasteiger partial charge in [0.2, 0.25) is 5.88 Å². The molecule has 0 unspecified atom stereocenters. The predicted molar refractivity (Wildman–Crippen MR) is 155 cm³/mol. The van der Waals surface area contributed by atoms with E-state index in [0.717, 1.165) is 57.1 Å². The standard InChI is InChI=1S/C32H31F4N5O2/c33-18-11-32(6-1-7-41(32)13-18)16-43-26-10-25(40-14-19-3-4-20(15-40)38-19)23-12-37-30(29(36)31(23)39-26)22-9-21(42)8-17-2-5-24(34)28(35)27(17)22/h2,5,8-10,12,18-20,38,42H,1,3-4,6-7,11,13-16H2/t18-,19-,20+,32+/m1/s1. The number of piperazine rings is 1. The average Bonchev–Trinajstić information content (AvgIpc) is 3.63. The van der Waals surface area contributed by atoms with Crippen LogP contribution in [0.2, 0.25) is 0 Å². The fraction of sp³-hybridized carbons (Fsp3) is 0.438. The summed E-state index contributed by atoms with van der Waals surface area (Å²) in [4.78, 5) is 13.3. The van der Waals surface area contributed by atoms with E-state index >= 15 is 8.78 Å². The van der Waals surface area contributed by atoms with E-state index in [4.69, 9.17) is 4.74 Å². The summed E-state index contributed by atoms with van der Waals surface area (Å²) in [5.41, 5.74) is -0.0432. The van der Waals surface area contributed by atoms with Crippen LogP contribution in [0.3, 0.4) is 0 Å². The fourth-order valence-corrected chi connectivity index (χ4v) is 7.85. The maximum atomic E-state index is 16.6. The van der Waals surface area contributed by atoms with E-state index in [0.29, 0.717) is 30.4 Å². The normalized spacial score (nSPS) is 27.0. The van der Waals surface area contributed by atoms with Crippen molar-refractivity contribution in [2.75, 3.05) is 37.7 Å². The lowest BCUT2D eigenvalue weighted by molar-refractivity contribution is 0.111. The molecule has 7 nitrogen and oxygen atoms in total. The maximum absolute atomic E-state index is 16.6. The molecular weight excluding hydrogens is 562 g/mol. The number of nitrogens with one attached hydrogen (secondary N) is 1. The highest BCUT2D eigenvalue weighted by molar-refractivity contribution is 6.00. The molecule has 2 aromatic carbocycles. The number of hydrogen-bond donors (Lipinski definition) is 2. The molecule has 4 atom stereocenters. The van der Waals surface area contributed by atoms with Crippen LogP contribution < -0.4 is 15.0 Å². The lowest BCUT2D eigenvalue weighted by Gasteiger charge is -2.35.